The molecule has 0 radical (unpaired) electrons. The Morgan fingerprint density at radius 1 is 1.38 bits per heavy atom. The monoisotopic (exact) mass is 285 g/mol. The third-order valence-corrected chi connectivity index (χ3v) is 3.75. The van der Waals surface area contributed by atoms with Crippen LogP contribution in [-0.4, -0.2) is 33.7 Å². The molecule has 1 amide bonds. The molecule has 6 nitrogen and oxygen atoms in total. The Bertz CT molecular complexity index is 721. The summed E-state index contributed by atoms with van der Waals surface area (Å²) < 4.78 is 0. The van der Waals surface area contributed by atoms with Crippen LogP contribution in [0.1, 0.15) is 38.4 Å². The van der Waals surface area contributed by atoms with E-state index in [9.17, 15) is 9.59 Å². The molecule has 1 aromatic carbocycles. The third-order valence-electron chi connectivity index (χ3n) is 3.75. The Labute approximate surface area is 121 Å². The summed E-state index contributed by atoms with van der Waals surface area (Å²) in [6, 6.07) is 4.90. The van der Waals surface area contributed by atoms with Crippen molar-refractivity contribution in [3.63, 3.8) is 0 Å². The summed E-state index contributed by atoms with van der Waals surface area (Å²) in [5.41, 5.74) is 3.22. The van der Waals surface area contributed by atoms with Crippen molar-refractivity contribution in [1.82, 2.24) is 10.2 Å². The number of carboxylic acids is 1. The molecule has 21 heavy (non-hydrogen) atoms. The van der Waals surface area contributed by atoms with Crippen LogP contribution in [0.3, 0.4) is 0 Å². The maximum absolute atomic E-state index is 12.6. The van der Waals surface area contributed by atoms with Crippen LogP contribution in [0.4, 0.5) is 5.69 Å². The van der Waals surface area contributed by atoms with Gasteiger partial charge in [-0.2, -0.15) is 5.10 Å². The quantitative estimate of drug-likeness (QED) is 0.883. The molecule has 0 fully saturated rings. The summed E-state index contributed by atoms with van der Waals surface area (Å²) in [5.74, 6) is -1.06. The number of hydrogen-bond donors (Lipinski definition) is 2. The van der Waals surface area contributed by atoms with Crippen LogP contribution in [-0.2, 0) is 6.42 Å². The van der Waals surface area contributed by atoms with Crippen molar-refractivity contribution in [2.45, 2.75) is 19.8 Å². The first-order valence-electron chi connectivity index (χ1n) is 6.76. The number of fused-ring (bicyclic) bond motifs is 1. The van der Waals surface area contributed by atoms with Gasteiger partial charge in [0.25, 0.3) is 5.91 Å². The molecule has 1 aromatic heterocycles. The van der Waals surface area contributed by atoms with Gasteiger partial charge in [0.15, 0.2) is 0 Å². The summed E-state index contributed by atoms with van der Waals surface area (Å²) in [7, 11) is 0. The molecule has 0 bridgehead atoms. The minimum absolute atomic E-state index is 0.106. The van der Waals surface area contributed by atoms with Gasteiger partial charge in [0, 0.05) is 17.9 Å². The largest absolute Gasteiger partial charge is 0.478 e. The molecule has 3 rings (SSSR count). The second kappa shape index (κ2) is 5.05. The van der Waals surface area contributed by atoms with Gasteiger partial charge in [0.2, 0.25) is 0 Å². The van der Waals surface area contributed by atoms with Crippen LogP contribution < -0.4 is 4.90 Å². The minimum atomic E-state index is -0.952. The Morgan fingerprint density at radius 3 is 2.86 bits per heavy atom. The van der Waals surface area contributed by atoms with Gasteiger partial charge in [0.05, 0.1) is 17.3 Å². The highest BCUT2D eigenvalue weighted by atomic mass is 16.4. The average molecular weight is 285 g/mol. The molecule has 0 saturated carbocycles. The van der Waals surface area contributed by atoms with Crippen LogP contribution in [0.25, 0.3) is 0 Å². The summed E-state index contributed by atoms with van der Waals surface area (Å²) in [4.78, 5) is 25.4. The lowest BCUT2D eigenvalue weighted by Crippen LogP contribution is -2.35. The Balaban J connectivity index is 1.99. The number of H-pyrrole nitrogens is 1. The van der Waals surface area contributed by atoms with Crippen LogP contribution in [0.2, 0.25) is 0 Å². The van der Waals surface area contributed by atoms with Gasteiger partial charge in [-0.15, -0.1) is 0 Å². The van der Waals surface area contributed by atoms with Crippen LogP contribution in [0.5, 0.6) is 0 Å². The maximum Gasteiger partial charge on any atom is 0.335 e. The fraction of sp³-hybridized carbons (Fsp3) is 0.267. The predicted molar refractivity (Wildman–Crippen MR) is 76.7 cm³/mol. The van der Waals surface area contributed by atoms with E-state index >= 15 is 0 Å². The number of carbonyl (C=O) groups excluding carboxylic acids is 1. The first-order chi connectivity index (χ1) is 10.1. The smallest absolute Gasteiger partial charge is 0.335 e. The Morgan fingerprint density at radius 2 is 2.19 bits per heavy atom. The second-order valence-corrected chi connectivity index (χ2v) is 5.12. The number of rotatable bonds is 2. The number of aromatic carboxylic acids is 1. The fourth-order valence-electron chi connectivity index (χ4n) is 2.65. The van der Waals surface area contributed by atoms with E-state index in [1.54, 1.807) is 24.0 Å². The molecule has 6 heteroatoms. The van der Waals surface area contributed by atoms with Gasteiger partial charge >= 0.3 is 5.97 Å². The van der Waals surface area contributed by atoms with E-state index in [4.69, 9.17) is 5.11 Å². The zero-order chi connectivity index (χ0) is 15.0. The molecular weight excluding hydrogens is 270 g/mol. The molecule has 0 unspecified atom stereocenters. The minimum Gasteiger partial charge on any atom is -0.478 e. The summed E-state index contributed by atoms with van der Waals surface area (Å²) in [6.07, 6.45) is 3.13. The first-order valence-corrected chi connectivity index (χ1v) is 6.76. The summed E-state index contributed by atoms with van der Waals surface area (Å²) >= 11 is 0. The van der Waals surface area contributed by atoms with Gasteiger partial charge in [-0.3, -0.25) is 9.89 Å². The third kappa shape index (κ3) is 2.29. The topological polar surface area (TPSA) is 86.3 Å². The number of benzene rings is 1. The number of carboxylic acid groups (broad SMARTS) is 1. The highest BCUT2D eigenvalue weighted by Gasteiger charge is 2.25. The molecule has 0 saturated heterocycles. The number of aryl methyl sites for hydroxylation is 2. The maximum atomic E-state index is 12.6. The number of hydrogen-bond acceptors (Lipinski definition) is 3. The van der Waals surface area contributed by atoms with Crippen molar-refractivity contribution in [2.24, 2.45) is 0 Å². The number of amides is 1. The number of carbonyl (C=O) groups is 2. The highest BCUT2D eigenvalue weighted by Crippen LogP contribution is 2.29. The lowest BCUT2D eigenvalue weighted by Gasteiger charge is -2.29. The number of aromatic amines is 1. The van der Waals surface area contributed by atoms with Gasteiger partial charge in [0.1, 0.15) is 0 Å². The van der Waals surface area contributed by atoms with Crippen molar-refractivity contribution in [2.75, 3.05) is 11.4 Å². The number of nitrogens with one attached hydrogen (secondary N) is 1. The van der Waals surface area contributed by atoms with Gasteiger partial charge < -0.3 is 10.0 Å². The standard InChI is InChI=1S/C15H15N3O3/c1-9-12(8-16-17-9)14(19)18-6-2-3-10-7-11(15(20)21)4-5-13(10)18/h4-5,7-8H,2-3,6H2,1H3,(H,16,17)(H,20,21). The Kier molecular flexibility index (Phi) is 3.21. The summed E-state index contributed by atoms with van der Waals surface area (Å²) in [6.45, 7) is 2.43. The van der Waals surface area contributed by atoms with Crippen LogP contribution in [0.15, 0.2) is 24.4 Å². The van der Waals surface area contributed by atoms with Gasteiger partial charge in [-0.1, -0.05) is 0 Å². The number of aromatic nitrogens is 2. The first kappa shape index (κ1) is 13.4. The molecule has 0 atom stereocenters. The van der Waals surface area contributed by atoms with Gasteiger partial charge in [-0.25, -0.2) is 4.79 Å². The molecule has 2 heterocycles. The van der Waals surface area contributed by atoms with Crippen molar-refractivity contribution < 1.29 is 14.7 Å². The van der Waals surface area contributed by atoms with Crippen LogP contribution >= 0.6 is 0 Å². The van der Waals surface area contributed by atoms with Crippen LogP contribution in [0, 0.1) is 6.92 Å². The lowest BCUT2D eigenvalue weighted by molar-refractivity contribution is 0.0696. The molecule has 0 aliphatic carbocycles. The zero-order valence-electron chi connectivity index (χ0n) is 11.6. The molecule has 2 aromatic rings. The molecular formula is C15H15N3O3. The molecule has 2 N–H and O–H groups in total. The normalized spacial score (nSPS) is 13.9. The van der Waals surface area contributed by atoms with Crippen molar-refractivity contribution in [3.8, 4) is 0 Å². The lowest BCUT2D eigenvalue weighted by atomic mass is 9.98. The second-order valence-electron chi connectivity index (χ2n) is 5.12. The SMILES string of the molecule is Cc1[nH]ncc1C(=O)N1CCCc2cc(C(=O)O)ccc21. The average Bonchev–Trinajstić information content (AvgIpc) is 2.91. The highest BCUT2D eigenvalue weighted by molar-refractivity contribution is 6.07. The molecule has 1 aliphatic rings. The van der Waals surface area contributed by atoms with E-state index in [0.717, 1.165) is 29.8 Å². The Hall–Kier alpha value is -2.63. The predicted octanol–water partition coefficient (Wildman–Crippen LogP) is 2.01. The van der Waals surface area contributed by atoms with Crippen molar-refractivity contribution >= 4 is 17.6 Å². The van der Waals surface area contributed by atoms with E-state index in [1.807, 2.05) is 0 Å². The van der Waals surface area contributed by atoms with E-state index < -0.39 is 5.97 Å². The van der Waals surface area contributed by atoms with Gasteiger partial charge in [-0.05, 0) is 43.5 Å². The van der Waals surface area contributed by atoms with E-state index in [1.165, 1.54) is 12.3 Å². The molecule has 0 spiro atoms. The summed E-state index contributed by atoms with van der Waals surface area (Å²) in [5, 5.41) is 15.7. The van der Waals surface area contributed by atoms with E-state index in [0.29, 0.717) is 12.1 Å². The number of nitrogens with zero attached hydrogens (tertiary/aromatic N) is 2. The molecule has 108 valence electrons. The fourth-order valence-corrected chi connectivity index (χ4v) is 2.65. The number of anilines is 1. The van der Waals surface area contributed by atoms with E-state index in [2.05, 4.69) is 10.2 Å². The molecule has 1 aliphatic heterocycles. The zero-order valence-corrected chi connectivity index (χ0v) is 11.6. The van der Waals surface area contributed by atoms with Crippen molar-refractivity contribution in [1.29, 1.82) is 0 Å². The van der Waals surface area contributed by atoms with E-state index in [-0.39, 0.29) is 11.5 Å². The van der Waals surface area contributed by atoms with Crippen molar-refractivity contribution in [3.05, 3.63) is 46.8 Å².